The van der Waals surface area contributed by atoms with Gasteiger partial charge in [0.1, 0.15) is 23.7 Å². The van der Waals surface area contributed by atoms with Crippen LogP contribution in [0.4, 0.5) is 0 Å². The van der Waals surface area contributed by atoms with E-state index in [1.807, 2.05) is 0 Å². The van der Waals surface area contributed by atoms with E-state index >= 15 is 0 Å². The van der Waals surface area contributed by atoms with Gasteiger partial charge in [-0.3, -0.25) is 19.2 Å². The molecule has 2 aromatic rings. The number of nitrogens with one attached hydrogen (secondary N) is 1. The van der Waals surface area contributed by atoms with Gasteiger partial charge in [0.05, 0.1) is 31.1 Å². The van der Waals surface area contributed by atoms with Crippen molar-refractivity contribution in [1.82, 2.24) is 14.9 Å². The van der Waals surface area contributed by atoms with E-state index in [-0.39, 0.29) is 24.4 Å². The van der Waals surface area contributed by atoms with Crippen LogP contribution in [0.1, 0.15) is 22.7 Å². The smallest absolute Gasteiger partial charge is 0.325 e. The molecular weight excluding hydrogens is 418 g/mol. The Bertz CT molecular complexity index is 981. The molecule has 9 nitrogen and oxygen atoms in total. The molecule has 2 aromatic heterocycles. The van der Waals surface area contributed by atoms with E-state index < -0.39 is 17.8 Å². The molecule has 0 saturated carbocycles. The number of nitrogens with zero attached hydrogens (tertiary/aromatic N) is 2. The van der Waals surface area contributed by atoms with Crippen molar-refractivity contribution >= 4 is 51.2 Å². The summed E-state index contributed by atoms with van der Waals surface area (Å²) in [6.07, 6.45) is 2.98. The van der Waals surface area contributed by atoms with E-state index in [0.717, 1.165) is 34.6 Å². The molecule has 0 bridgehead atoms. The lowest BCUT2D eigenvalue weighted by molar-refractivity contribution is -0.151. The maximum absolute atomic E-state index is 12.5. The van der Waals surface area contributed by atoms with E-state index in [2.05, 4.69) is 19.4 Å². The number of amides is 1. The fraction of sp³-hybridized carbons (Fsp3) is 0.500. The van der Waals surface area contributed by atoms with Gasteiger partial charge in [0.25, 0.3) is 5.56 Å². The van der Waals surface area contributed by atoms with Gasteiger partial charge in [-0.2, -0.15) is 0 Å². The monoisotopic (exact) mass is 439 g/mol. The normalized spacial score (nSPS) is 12.6. The van der Waals surface area contributed by atoms with Crippen molar-refractivity contribution in [3.63, 3.8) is 0 Å². The van der Waals surface area contributed by atoms with Crippen LogP contribution in [-0.4, -0.2) is 65.8 Å². The summed E-state index contributed by atoms with van der Waals surface area (Å²) in [4.78, 5) is 58.2. The number of aromatic amines is 1. The zero-order valence-electron chi connectivity index (χ0n) is 16.1. The topological polar surface area (TPSA) is 119 Å². The van der Waals surface area contributed by atoms with Crippen molar-refractivity contribution in [2.24, 2.45) is 0 Å². The maximum atomic E-state index is 12.5. The summed E-state index contributed by atoms with van der Waals surface area (Å²) in [5, 5.41) is 0.689. The van der Waals surface area contributed by atoms with Crippen LogP contribution in [0.2, 0.25) is 0 Å². The van der Waals surface area contributed by atoms with Crippen LogP contribution in [0.5, 0.6) is 0 Å². The number of methoxy groups -OCH3 is 2. The summed E-state index contributed by atoms with van der Waals surface area (Å²) in [6.45, 7) is -0.681. The molecule has 1 N–H and O–H groups in total. The van der Waals surface area contributed by atoms with Crippen LogP contribution in [0, 0.1) is 0 Å². The second kappa shape index (κ2) is 9.40. The number of ether oxygens (including phenoxy) is 2. The van der Waals surface area contributed by atoms with E-state index in [0.29, 0.717) is 17.0 Å². The van der Waals surface area contributed by atoms with Crippen LogP contribution >= 0.6 is 23.1 Å². The van der Waals surface area contributed by atoms with E-state index in [1.165, 1.54) is 30.9 Å². The van der Waals surface area contributed by atoms with Crippen LogP contribution in [0.25, 0.3) is 10.2 Å². The first kappa shape index (κ1) is 21.3. The van der Waals surface area contributed by atoms with Crippen LogP contribution in [0.15, 0.2) is 4.79 Å². The van der Waals surface area contributed by atoms with Crippen LogP contribution in [-0.2, 0) is 42.5 Å². The largest absolute Gasteiger partial charge is 0.468 e. The average Bonchev–Trinajstić information content (AvgIpc) is 3.27. The van der Waals surface area contributed by atoms with Gasteiger partial charge >= 0.3 is 11.9 Å². The second-order valence-electron chi connectivity index (χ2n) is 6.44. The summed E-state index contributed by atoms with van der Waals surface area (Å²) in [5.74, 6) is -0.846. The van der Waals surface area contributed by atoms with Gasteiger partial charge in [0.15, 0.2) is 0 Å². The Morgan fingerprint density at radius 2 is 1.86 bits per heavy atom. The van der Waals surface area contributed by atoms with Gasteiger partial charge in [-0.25, -0.2) is 4.98 Å². The average molecular weight is 440 g/mol. The van der Waals surface area contributed by atoms with Crippen molar-refractivity contribution in [1.29, 1.82) is 0 Å². The first-order chi connectivity index (χ1) is 13.9. The van der Waals surface area contributed by atoms with Gasteiger partial charge in [0.2, 0.25) is 5.91 Å². The summed E-state index contributed by atoms with van der Waals surface area (Å²) in [7, 11) is 2.41. The number of esters is 2. The molecule has 0 unspecified atom stereocenters. The predicted octanol–water partition coefficient (Wildman–Crippen LogP) is 0.881. The predicted molar refractivity (Wildman–Crippen MR) is 109 cm³/mol. The van der Waals surface area contributed by atoms with Gasteiger partial charge in [-0.05, 0) is 24.8 Å². The summed E-state index contributed by atoms with van der Waals surface area (Å²) < 4.78 is 9.12. The molecule has 29 heavy (non-hydrogen) atoms. The first-order valence-electron chi connectivity index (χ1n) is 8.95. The molecule has 0 radical (unpaired) electrons. The first-order valence-corrected chi connectivity index (χ1v) is 10.9. The molecule has 0 aliphatic heterocycles. The van der Waals surface area contributed by atoms with Crippen molar-refractivity contribution in [2.75, 3.05) is 33.1 Å². The number of thioether (sulfide) groups is 1. The number of rotatable bonds is 8. The number of hydrogen-bond donors (Lipinski definition) is 1. The highest BCUT2D eigenvalue weighted by Crippen LogP contribution is 2.34. The standard InChI is InChI=1S/C18H21N3O6S2/c1-26-14(23)6-21(7-15(24)27-2)13(22)9-28-8-12-19-17(25)16-10-4-3-5-11(10)29-18(16)20-12/h3-9H2,1-2H3,(H,19,20,25). The van der Waals surface area contributed by atoms with Gasteiger partial charge in [-0.15, -0.1) is 23.1 Å². The lowest BCUT2D eigenvalue weighted by atomic mass is 10.2. The Kier molecular flexibility index (Phi) is 6.91. The Morgan fingerprint density at radius 1 is 1.17 bits per heavy atom. The lowest BCUT2D eigenvalue weighted by Gasteiger charge is -2.19. The highest BCUT2D eigenvalue weighted by molar-refractivity contribution is 7.99. The van der Waals surface area contributed by atoms with Crippen molar-refractivity contribution < 1.29 is 23.9 Å². The Labute approximate surface area is 174 Å². The highest BCUT2D eigenvalue weighted by Gasteiger charge is 2.22. The molecule has 1 amide bonds. The molecule has 3 rings (SSSR count). The number of thiophene rings is 1. The number of carbonyl (C=O) groups excluding carboxylic acids is 3. The van der Waals surface area contributed by atoms with Crippen molar-refractivity contribution in [3.8, 4) is 0 Å². The molecule has 1 aliphatic carbocycles. The van der Waals surface area contributed by atoms with E-state index in [9.17, 15) is 19.2 Å². The quantitative estimate of drug-likeness (QED) is 0.602. The number of H-pyrrole nitrogens is 1. The molecule has 156 valence electrons. The van der Waals surface area contributed by atoms with Crippen LogP contribution < -0.4 is 5.56 Å². The molecule has 0 atom stereocenters. The minimum absolute atomic E-state index is 0.0106. The maximum Gasteiger partial charge on any atom is 0.325 e. The molecule has 0 saturated heterocycles. The van der Waals surface area contributed by atoms with Crippen molar-refractivity contribution in [3.05, 3.63) is 26.6 Å². The Morgan fingerprint density at radius 3 is 2.52 bits per heavy atom. The third-order valence-electron chi connectivity index (χ3n) is 4.54. The molecular formula is C18H21N3O6S2. The number of hydrogen-bond acceptors (Lipinski definition) is 9. The number of aryl methyl sites for hydroxylation is 2. The van der Waals surface area contributed by atoms with E-state index in [4.69, 9.17) is 0 Å². The molecule has 0 fully saturated rings. The van der Waals surface area contributed by atoms with Crippen molar-refractivity contribution in [2.45, 2.75) is 25.0 Å². The Balaban J connectivity index is 1.63. The third-order valence-corrected chi connectivity index (χ3v) is 6.65. The van der Waals surface area contributed by atoms with Gasteiger partial charge < -0.3 is 19.4 Å². The minimum Gasteiger partial charge on any atom is -0.468 e. The molecule has 11 heteroatoms. The number of aromatic nitrogens is 2. The van der Waals surface area contributed by atoms with E-state index in [1.54, 1.807) is 11.3 Å². The summed E-state index contributed by atoms with van der Waals surface area (Å²) >= 11 is 2.80. The molecule has 1 aliphatic rings. The zero-order chi connectivity index (χ0) is 21.0. The summed E-state index contributed by atoms with van der Waals surface area (Å²) in [6, 6.07) is 0. The third kappa shape index (κ3) is 4.96. The fourth-order valence-electron chi connectivity index (χ4n) is 3.11. The minimum atomic E-state index is -0.630. The summed E-state index contributed by atoms with van der Waals surface area (Å²) in [5.41, 5.74) is 0.976. The lowest BCUT2D eigenvalue weighted by Crippen LogP contribution is -2.41. The zero-order valence-corrected chi connectivity index (χ0v) is 17.7. The number of carbonyl (C=O) groups is 3. The van der Waals surface area contributed by atoms with Gasteiger partial charge in [-0.1, -0.05) is 0 Å². The Hall–Kier alpha value is -2.40. The molecule has 0 aromatic carbocycles. The van der Waals surface area contributed by atoms with Gasteiger partial charge in [0, 0.05) is 4.88 Å². The SMILES string of the molecule is COC(=O)CN(CC(=O)OC)C(=O)CSCc1nc2sc3c(c2c(=O)[nH]1)CCC3. The highest BCUT2D eigenvalue weighted by atomic mass is 32.2. The molecule has 2 heterocycles. The number of fused-ring (bicyclic) bond motifs is 3. The fourth-order valence-corrected chi connectivity index (χ4v) is 5.18. The van der Waals surface area contributed by atoms with Crippen LogP contribution in [0.3, 0.4) is 0 Å². The second-order valence-corrected chi connectivity index (χ2v) is 8.51. The molecule has 0 spiro atoms.